The van der Waals surface area contributed by atoms with E-state index < -0.39 is 0 Å². The Hall–Kier alpha value is -3.06. The Kier molecular flexibility index (Phi) is 6.21. The summed E-state index contributed by atoms with van der Waals surface area (Å²) in [7, 11) is 0. The molecule has 0 aromatic heterocycles. The van der Waals surface area contributed by atoms with Crippen molar-refractivity contribution in [3.8, 4) is 11.5 Å². The van der Waals surface area contributed by atoms with Crippen molar-refractivity contribution in [3.05, 3.63) is 92.9 Å². The van der Waals surface area contributed by atoms with Gasteiger partial charge in [-0.2, -0.15) is 0 Å². The molecule has 0 atom stereocenters. The molecule has 34 heavy (non-hydrogen) atoms. The SMILES string of the molecule is O=C1/C(=C/c2ccc(Cl)c(Cl)c2)Oc2c1ccc(O)c2CN1CCN(c2ccccc2F)CC1. The molecule has 8 heteroatoms. The summed E-state index contributed by atoms with van der Waals surface area (Å²) in [6, 6.07) is 14.9. The Morgan fingerprint density at radius 2 is 1.76 bits per heavy atom. The maximum Gasteiger partial charge on any atom is 0.231 e. The number of piperazine rings is 1. The van der Waals surface area contributed by atoms with Gasteiger partial charge in [0, 0.05) is 32.7 Å². The van der Waals surface area contributed by atoms with Crippen LogP contribution in [0, 0.1) is 5.82 Å². The number of rotatable bonds is 4. The fraction of sp³-hybridized carbons (Fsp3) is 0.192. The summed E-state index contributed by atoms with van der Waals surface area (Å²) in [5.74, 6) is 0.102. The first-order chi connectivity index (χ1) is 16.4. The maximum atomic E-state index is 14.1. The predicted octanol–water partition coefficient (Wildman–Crippen LogP) is 5.78. The standard InChI is InChI=1S/C26H21Cl2FN2O3/c27-19-7-5-16(13-20(19)28)14-24-25(33)17-6-8-23(32)18(26(17)34-24)15-30-9-11-31(12-10-30)22-4-2-1-3-21(22)29/h1-8,13-14,32H,9-12,15H2/b24-14-. The van der Waals surface area contributed by atoms with Gasteiger partial charge in [-0.15, -0.1) is 0 Å². The van der Waals surface area contributed by atoms with Crippen LogP contribution in [-0.4, -0.2) is 42.0 Å². The van der Waals surface area contributed by atoms with Crippen LogP contribution < -0.4 is 9.64 Å². The van der Waals surface area contributed by atoms with E-state index in [1.54, 1.807) is 42.5 Å². The maximum absolute atomic E-state index is 14.1. The zero-order valence-electron chi connectivity index (χ0n) is 18.1. The molecule has 0 saturated carbocycles. The molecule has 0 unspecified atom stereocenters. The Labute approximate surface area is 206 Å². The predicted molar refractivity (Wildman–Crippen MR) is 131 cm³/mol. The average molecular weight is 499 g/mol. The van der Waals surface area contributed by atoms with Crippen LogP contribution in [0.5, 0.6) is 11.5 Å². The second-order valence-corrected chi connectivity index (χ2v) is 9.08. The minimum Gasteiger partial charge on any atom is -0.507 e. The molecule has 0 spiro atoms. The lowest BCUT2D eigenvalue weighted by Gasteiger charge is -2.36. The largest absolute Gasteiger partial charge is 0.507 e. The second kappa shape index (κ2) is 9.29. The van der Waals surface area contributed by atoms with E-state index in [0.717, 1.165) is 0 Å². The zero-order valence-corrected chi connectivity index (χ0v) is 19.6. The number of hydrogen-bond donors (Lipinski definition) is 1. The number of para-hydroxylation sites is 1. The van der Waals surface area contributed by atoms with E-state index in [2.05, 4.69) is 4.90 Å². The van der Waals surface area contributed by atoms with Crippen LogP contribution in [-0.2, 0) is 6.54 Å². The number of anilines is 1. The number of phenolic OH excluding ortho intramolecular Hbond substituents is 1. The molecule has 2 aliphatic heterocycles. The highest BCUT2D eigenvalue weighted by Crippen LogP contribution is 2.40. The summed E-state index contributed by atoms with van der Waals surface area (Å²) >= 11 is 12.1. The van der Waals surface area contributed by atoms with Gasteiger partial charge in [-0.3, -0.25) is 9.69 Å². The van der Waals surface area contributed by atoms with Gasteiger partial charge in [0.25, 0.3) is 0 Å². The van der Waals surface area contributed by atoms with Gasteiger partial charge in [-0.1, -0.05) is 41.4 Å². The van der Waals surface area contributed by atoms with Gasteiger partial charge in [0.1, 0.15) is 17.3 Å². The van der Waals surface area contributed by atoms with Crippen molar-refractivity contribution >= 4 is 40.7 Å². The molecule has 1 N–H and O–H groups in total. The molecule has 1 fully saturated rings. The van der Waals surface area contributed by atoms with Gasteiger partial charge in [-0.05, 0) is 48.0 Å². The van der Waals surface area contributed by atoms with Crippen molar-refractivity contribution in [1.29, 1.82) is 0 Å². The highest BCUT2D eigenvalue weighted by Gasteiger charge is 2.32. The minimum absolute atomic E-state index is 0.0684. The normalized spacial score (nSPS) is 17.2. The van der Waals surface area contributed by atoms with E-state index in [1.807, 2.05) is 11.0 Å². The van der Waals surface area contributed by atoms with Crippen LogP contribution >= 0.6 is 23.2 Å². The molecule has 2 heterocycles. The summed E-state index contributed by atoms with van der Waals surface area (Å²) in [6.45, 7) is 3.07. The van der Waals surface area contributed by atoms with Crippen molar-refractivity contribution in [2.75, 3.05) is 31.1 Å². The summed E-state index contributed by atoms with van der Waals surface area (Å²) in [5, 5.41) is 11.4. The smallest absolute Gasteiger partial charge is 0.231 e. The van der Waals surface area contributed by atoms with Crippen LogP contribution in [0.3, 0.4) is 0 Å². The number of allylic oxidation sites excluding steroid dienone is 1. The van der Waals surface area contributed by atoms with Gasteiger partial charge < -0.3 is 14.7 Å². The molecule has 174 valence electrons. The number of nitrogens with zero attached hydrogens (tertiary/aromatic N) is 2. The molecule has 0 bridgehead atoms. The Morgan fingerprint density at radius 3 is 2.50 bits per heavy atom. The number of ether oxygens (including phenoxy) is 1. The number of ketones is 1. The summed E-state index contributed by atoms with van der Waals surface area (Å²) in [4.78, 5) is 17.1. The van der Waals surface area contributed by atoms with Crippen molar-refractivity contribution in [2.24, 2.45) is 0 Å². The number of carbonyl (C=O) groups is 1. The van der Waals surface area contributed by atoms with E-state index in [0.29, 0.717) is 70.9 Å². The number of carbonyl (C=O) groups excluding carboxylic acids is 1. The zero-order chi connectivity index (χ0) is 23.8. The third-order valence-electron chi connectivity index (χ3n) is 6.10. The monoisotopic (exact) mass is 498 g/mol. The molecule has 1 saturated heterocycles. The Morgan fingerprint density at radius 1 is 1.00 bits per heavy atom. The van der Waals surface area contributed by atoms with Gasteiger partial charge >= 0.3 is 0 Å². The Bertz CT molecular complexity index is 1300. The number of phenols is 1. The van der Waals surface area contributed by atoms with Gasteiger partial charge in [-0.25, -0.2) is 4.39 Å². The fourth-order valence-electron chi connectivity index (χ4n) is 4.28. The van der Waals surface area contributed by atoms with Crippen LogP contribution in [0.2, 0.25) is 10.0 Å². The summed E-state index contributed by atoms with van der Waals surface area (Å²) in [5.41, 5.74) is 2.24. The van der Waals surface area contributed by atoms with Crippen LogP contribution in [0.1, 0.15) is 21.5 Å². The fourth-order valence-corrected chi connectivity index (χ4v) is 4.59. The first-order valence-electron chi connectivity index (χ1n) is 10.9. The van der Waals surface area contributed by atoms with Gasteiger partial charge in [0.15, 0.2) is 5.76 Å². The molecule has 3 aromatic carbocycles. The molecular formula is C26H21Cl2FN2O3. The van der Waals surface area contributed by atoms with E-state index in [-0.39, 0.29) is 23.1 Å². The second-order valence-electron chi connectivity index (χ2n) is 8.27. The molecular weight excluding hydrogens is 478 g/mol. The molecule has 5 rings (SSSR count). The van der Waals surface area contributed by atoms with Gasteiger partial charge in [0.2, 0.25) is 5.78 Å². The van der Waals surface area contributed by atoms with Gasteiger partial charge in [0.05, 0.1) is 26.9 Å². The third kappa shape index (κ3) is 4.37. The van der Waals surface area contributed by atoms with E-state index in [1.165, 1.54) is 12.1 Å². The van der Waals surface area contributed by atoms with Crippen LogP contribution in [0.25, 0.3) is 6.08 Å². The summed E-state index contributed by atoms with van der Waals surface area (Å²) in [6.07, 6.45) is 1.61. The molecule has 0 radical (unpaired) electrons. The van der Waals surface area contributed by atoms with Crippen LogP contribution in [0.4, 0.5) is 10.1 Å². The number of halogens is 3. The first kappa shape index (κ1) is 22.7. The number of benzene rings is 3. The lowest BCUT2D eigenvalue weighted by atomic mass is 10.0. The number of fused-ring (bicyclic) bond motifs is 1. The highest BCUT2D eigenvalue weighted by atomic mass is 35.5. The van der Waals surface area contributed by atoms with Crippen molar-refractivity contribution in [3.63, 3.8) is 0 Å². The minimum atomic E-state index is -0.258. The lowest BCUT2D eigenvalue weighted by molar-refractivity contribution is 0.101. The van der Waals surface area contributed by atoms with E-state index >= 15 is 0 Å². The lowest BCUT2D eigenvalue weighted by Crippen LogP contribution is -2.46. The number of Topliss-reactive ketones (excluding diaryl/α,β-unsaturated/α-hetero) is 1. The van der Waals surface area contributed by atoms with E-state index in [4.69, 9.17) is 27.9 Å². The highest BCUT2D eigenvalue weighted by molar-refractivity contribution is 6.42. The topological polar surface area (TPSA) is 53.0 Å². The molecule has 3 aromatic rings. The molecule has 2 aliphatic rings. The Balaban J connectivity index is 1.34. The quantitative estimate of drug-likeness (QED) is 0.462. The molecule has 5 nitrogen and oxygen atoms in total. The van der Waals surface area contributed by atoms with E-state index in [9.17, 15) is 14.3 Å². The average Bonchev–Trinajstić information content (AvgIpc) is 3.14. The molecule has 0 aliphatic carbocycles. The third-order valence-corrected chi connectivity index (χ3v) is 6.84. The molecule has 0 amide bonds. The van der Waals surface area contributed by atoms with Crippen LogP contribution in [0.15, 0.2) is 60.4 Å². The number of hydrogen-bond acceptors (Lipinski definition) is 5. The van der Waals surface area contributed by atoms with Crippen molar-refractivity contribution in [2.45, 2.75) is 6.54 Å². The number of aromatic hydroxyl groups is 1. The van der Waals surface area contributed by atoms with Crippen molar-refractivity contribution in [1.82, 2.24) is 4.90 Å². The summed E-state index contributed by atoms with van der Waals surface area (Å²) < 4.78 is 20.1. The first-order valence-corrected chi connectivity index (χ1v) is 11.6. The van der Waals surface area contributed by atoms with Crippen molar-refractivity contribution < 1.29 is 19.0 Å².